The van der Waals surface area contributed by atoms with E-state index in [0.717, 1.165) is 0 Å². The van der Waals surface area contributed by atoms with Crippen molar-refractivity contribution in [2.45, 2.75) is 0 Å². The van der Waals surface area contributed by atoms with Gasteiger partial charge in [-0.2, -0.15) is 0 Å². The summed E-state index contributed by atoms with van der Waals surface area (Å²) in [6, 6.07) is 0. The first-order valence-corrected chi connectivity index (χ1v) is 2.03. The van der Waals surface area contributed by atoms with Crippen molar-refractivity contribution in [1.29, 1.82) is 0 Å². The molecule has 0 saturated carbocycles. The quantitative estimate of drug-likeness (QED) is 0.517. The van der Waals surface area contributed by atoms with Gasteiger partial charge in [0.25, 0.3) is 0 Å². The van der Waals surface area contributed by atoms with Crippen LogP contribution in [0.1, 0.15) is 0 Å². The summed E-state index contributed by atoms with van der Waals surface area (Å²) in [5.74, 6) is 0. The van der Waals surface area contributed by atoms with E-state index in [9.17, 15) is 0 Å². The van der Waals surface area contributed by atoms with Crippen LogP contribution < -0.4 is 0 Å². The predicted molar refractivity (Wildman–Crippen MR) is 19.0 cm³/mol. The number of rotatable bonds is 1. The normalized spacial score (nSPS) is 8.25. The Morgan fingerprint density at radius 2 is 2.25 bits per heavy atom. The second kappa shape index (κ2) is 3.54. The minimum atomic E-state index is -0.693. The van der Waals surface area contributed by atoms with Crippen LogP contribution in [0.4, 0.5) is 0 Å². The average Bonchev–Trinajstić information content (AvgIpc) is 1.37. The van der Waals surface area contributed by atoms with Gasteiger partial charge in [0.15, 0.2) is 16.3 Å². The fraction of sp³-hybridized carbons (Fsp3) is 0. The van der Waals surface area contributed by atoms with Crippen molar-refractivity contribution in [1.82, 2.24) is 0 Å². The maximum atomic E-state index is 9.06. The number of hydrogen-bond donors (Lipinski definition) is 0. The molecule has 2 nitrogen and oxygen atoms in total. The Morgan fingerprint density at radius 1 is 2.00 bits per heavy atom. The smallest absolute Gasteiger partial charge is 0.0671 e. The van der Waals surface area contributed by atoms with E-state index in [1.165, 1.54) is 0 Å². The molecule has 0 aromatic rings. The highest BCUT2D eigenvalue weighted by Crippen LogP contribution is 1.97. The topological polar surface area (TPSA) is 26.3 Å². The third-order valence-electron chi connectivity index (χ3n) is 0.0315. The van der Waals surface area contributed by atoms with Gasteiger partial charge in [0.2, 0.25) is 0 Å². The molecule has 0 amide bonds. The molecular weight excluding hydrogens is 143 g/mol. The zero-order valence-corrected chi connectivity index (χ0v) is 4.28. The fourth-order valence-electron chi connectivity index (χ4n) is 0. The number of halogens is 1. The van der Waals surface area contributed by atoms with E-state index >= 15 is 0 Å². The van der Waals surface area contributed by atoms with Crippen LogP contribution in [0.3, 0.4) is 0 Å². The van der Waals surface area contributed by atoms with Gasteiger partial charge in [-0.15, -0.1) is 0 Å². The fourth-order valence-corrected chi connectivity index (χ4v) is 0. The van der Waals surface area contributed by atoms with E-state index in [1.807, 2.05) is 0 Å². The first kappa shape index (κ1) is 4.54. The molecule has 0 radical (unpaired) electrons. The molecular formula is HBrO2P+. The first-order valence-electron chi connectivity index (χ1n) is 0.563. The van der Waals surface area contributed by atoms with Crippen LogP contribution in [0.25, 0.3) is 0 Å². The van der Waals surface area contributed by atoms with Gasteiger partial charge in [-0.1, -0.05) is 3.62 Å². The number of hydrogen-bond acceptors (Lipinski definition) is 2. The Hall–Kier alpha value is 0.540. The molecule has 0 N–H and O–H groups in total. The second-order valence-electron chi connectivity index (χ2n) is 0.160. The highest BCUT2D eigenvalue weighted by atomic mass is 79.9. The Labute approximate surface area is 33.9 Å². The molecule has 0 rings (SSSR count). The largest absolute Gasteiger partial charge is 0.506 e. The standard InChI is InChI=1S/BrHO2P/c1-3-4-2/h4H/q+1. The SMILES string of the molecule is O=[PH+]OBr. The van der Waals surface area contributed by atoms with Crippen LogP contribution in [0.5, 0.6) is 0 Å². The van der Waals surface area contributed by atoms with Gasteiger partial charge in [0.1, 0.15) is 0 Å². The van der Waals surface area contributed by atoms with Crippen molar-refractivity contribution in [2.75, 3.05) is 0 Å². The summed E-state index contributed by atoms with van der Waals surface area (Å²) < 4.78 is 12.9. The molecule has 0 aliphatic heterocycles. The molecule has 0 spiro atoms. The molecule has 24 valence electrons. The Balaban J connectivity index is 2.30. The lowest BCUT2D eigenvalue weighted by atomic mass is 15.9. The van der Waals surface area contributed by atoms with Crippen molar-refractivity contribution in [3.05, 3.63) is 0 Å². The van der Waals surface area contributed by atoms with Crippen LogP contribution >= 0.6 is 24.9 Å². The van der Waals surface area contributed by atoms with E-state index in [1.54, 1.807) is 0 Å². The molecule has 1 atom stereocenters. The summed E-state index contributed by atoms with van der Waals surface area (Å²) in [4.78, 5) is 0. The Bertz CT molecular complexity index is 20.0. The van der Waals surface area contributed by atoms with Gasteiger partial charge >= 0.3 is 8.69 Å². The highest BCUT2D eigenvalue weighted by Gasteiger charge is 1.70. The summed E-state index contributed by atoms with van der Waals surface area (Å²) in [5.41, 5.74) is 0. The molecule has 0 fully saturated rings. The Morgan fingerprint density at radius 3 is 2.25 bits per heavy atom. The summed E-state index contributed by atoms with van der Waals surface area (Å²) in [7, 11) is -0.693. The minimum Gasteiger partial charge on any atom is -0.0671 e. The van der Waals surface area contributed by atoms with Gasteiger partial charge in [-0.3, -0.25) is 0 Å². The van der Waals surface area contributed by atoms with Gasteiger partial charge < -0.3 is 0 Å². The Kier molecular flexibility index (Phi) is 4.02. The summed E-state index contributed by atoms with van der Waals surface area (Å²) in [6.45, 7) is 0. The van der Waals surface area contributed by atoms with Crippen molar-refractivity contribution in [2.24, 2.45) is 0 Å². The first-order chi connectivity index (χ1) is 1.91. The molecule has 0 bridgehead atoms. The van der Waals surface area contributed by atoms with Crippen LogP contribution in [-0.2, 0) is 8.18 Å². The molecule has 0 aromatic carbocycles. The highest BCUT2D eigenvalue weighted by molar-refractivity contribution is 9.06. The van der Waals surface area contributed by atoms with Gasteiger partial charge in [0, 0.05) is 0 Å². The zero-order valence-electron chi connectivity index (χ0n) is 1.69. The van der Waals surface area contributed by atoms with Gasteiger partial charge in [0.05, 0.1) is 0 Å². The van der Waals surface area contributed by atoms with Crippen molar-refractivity contribution < 1.29 is 8.18 Å². The maximum Gasteiger partial charge on any atom is 0.506 e. The van der Waals surface area contributed by atoms with Crippen molar-refractivity contribution in [3.63, 3.8) is 0 Å². The van der Waals surface area contributed by atoms with E-state index in [4.69, 9.17) is 4.57 Å². The van der Waals surface area contributed by atoms with E-state index in [2.05, 4.69) is 19.9 Å². The maximum absolute atomic E-state index is 9.06. The molecule has 1 unspecified atom stereocenters. The second-order valence-corrected chi connectivity index (χ2v) is 1.45. The molecule has 0 aliphatic rings. The van der Waals surface area contributed by atoms with E-state index in [-0.39, 0.29) is 0 Å². The molecule has 4 heavy (non-hydrogen) atoms. The lowest BCUT2D eigenvalue weighted by molar-refractivity contribution is 0.559. The molecule has 0 aromatic heterocycles. The lowest BCUT2D eigenvalue weighted by Gasteiger charge is -1.38. The van der Waals surface area contributed by atoms with Crippen LogP contribution in [0.2, 0.25) is 0 Å². The van der Waals surface area contributed by atoms with Crippen LogP contribution in [0.15, 0.2) is 0 Å². The summed E-state index contributed by atoms with van der Waals surface area (Å²) in [5, 5.41) is 0. The molecule has 0 heterocycles. The van der Waals surface area contributed by atoms with Gasteiger partial charge in [-0.25, -0.2) is 0 Å². The third-order valence-corrected chi connectivity index (χ3v) is 0.491. The van der Waals surface area contributed by atoms with Crippen LogP contribution in [0, 0.1) is 0 Å². The van der Waals surface area contributed by atoms with Gasteiger partial charge in [-0.05, 0) is 4.57 Å². The molecule has 0 saturated heterocycles. The molecule has 4 heteroatoms. The van der Waals surface area contributed by atoms with Crippen molar-refractivity contribution >= 4 is 24.9 Å². The van der Waals surface area contributed by atoms with E-state index in [0.29, 0.717) is 0 Å². The minimum absolute atomic E-state index is 0.693. The summed E-state index contributed by atoms with van der Waals surface area (Å²) in [6.07, 6.45) is 0. The van der Waals surface area contributed by atoms with Crippen molar-refractivity contribution in [3.8, 4) is 0 Å². The third kappa shape index (κ3) is 2.54. The monoisotopic (exact) mass is 143 g/mol. The summed E-state index contributed by atoms with van der Waals surface area (Å²) >= 11 is 2.45. The van der Waals surface area contributed by atoms with Crippen LogP contribution in [-0.4, -0.2) is 0 Å². The lowest BCUT2D eigenvalue weighted by Crippen LogP contribution is -1.19. The predicted octanol–water partition coefficient (Wildman–Crippen LogP) is 1.25. The molecule has 0 aliphatic carbocycles. The van der Waals surface area contributed by atoms with E-state index < -0.39 is 8.69 Å². The zero-order chi connectivity index (χ0) is 3.41. The average molecular weight is 144 g/mol.